The molecule has 4 nitrogen and oxygen atoms in total. The molecule has 1 aromatic rings. The number of H-pyrrole nitrogens is 1. The number of nitrogens with zero attached hydrogens (tertiary/aromatic N) is 3. The predicted octanol–water partition coefficient (Wildman–Crippen LogP) is -2.10. The zero-order valence-electron chi connectivity index (χ0n) is 2.42. The standard InChI is InChI=1S/CH2N4.2K.2H/c1-2-4-5-3-1;;;;/h1H,(H,2,3,4,5);;;;. The molecule has 0 fully saturated rings. The molecular formula is CH4K2N4. The first-order valence-electron chi connectivity index (χ1n) is 1.17. The van der Waals surface area contributed by atoms with Crippen molar-refractivity contribution < 1.29 is 0 Å². The van der Waals surface area contributed by atoms with Gasteiger partial charge in [0.2, 0.25) is 0 Å². The summed E-state index contributed by atoms with van der Waals surface area (Å²) in [5, 5.41) is 12.1. The molecule has 7 heavy (non-hydrogen) atoms. The Hall–Kier alpha value is 2.34. The molecule has 0 spiro atoms. The van der Waals surface area contributed by atoms with Crippen molar-refractivity contribution in [1.29, 1.82) is 0 Å². The molecule has 30 valence electrons. The van der Waals surface area contributed by atoms with Gasteiger partial charge in [-0.05, 0) is 10.4 Å². The topological polar surface area (TPSA) is 54.5 Å². The van der Waals surface area contributed by atoms with Gasteiger partial charge >= 0.3 is 103 Å². The monoisotopic (exact) mass is 150 g/mol. The Morgan fingerprint density at radius 3 is 2.14 bits per heavy atom. The van der Waals surface area contributed by atoms with Crippen molar-refractivity contribution in [2.24, 2.45) is 0 Å². The smallest absolute Gasteiger partial charge is 0.135 e. The van der Waals surface area contributed by atoms with Crippen LogP contribution in [0.5, 0.6) is 0 Å². The van der Waals surface area contributed by atoms with Crippen molar-refractivity contribution in [1.82, 2.24) is 20.6 Å². The third kappa shape index (κ3) is 6.23. The fourth-order valence-corrected chi connectivity index (χ4v) is 0.129. The molecule has 0 bridgehead atoms. The second-order valence-electron chi connectivity index (χ2n) is 0.563. The van der Waals surface area contributed by atoms with Crippen LogP contribution in [0.3, 0.4) is 0 Å². The average molecular weight is 150 g/mol. The van der Waals surface area contributed by atoms with E-state index in [4.69, 9.17) is 0 Å². The molecule has 6 heteroatoms. The maximum atomic E-state index is 3.31. The van der Waals surface area contributed by atoms with Crippen molar-refractivity contribution in [3.63, 3.8) is 0 Å². The first kappa shape index (κ1) is 12.1. The number of nitrogens with one attached hydrogen (secondary N) is 1. The molecule has 1 heterocycles. The molecule has 1 rings (SSSR count). The maximum Gasteiger partial charge on any atom is 0.135 e. The van der Waals surface area contributed by atoms with E-state index in [1.54, 1.807) is 0 Å². The van der Waals surface area contributed by atoms with Crippen molar-refractivity contribution in [2.45, 2.75) is 0 Å². The van der Waals surface area contributed by atoms with Crippen molar-refractivity contribution in [3.05, 3.63) is 6.33 Å². The van der Waals surface area contributed by atoms with Gasteiger partial charge in [0.1, 0.15) is 6.33 Å². The van der Waals surface area contributed by atoms with Crippen molar-refractivity contribution >= 4 is 103 Å². The van der Waals surface area contributed by atoms with E-state index in [1.807, 2.05) is 0 Å². The molecule has 0 unspecified atom stereocenters. The summed E-state index contributed by atoms with van der Waals surface area (Å²) in [6.45, 7) is 0. The Morgan fingerprint density at radius 1 is 1.29 bits per heavy atom. The van der Waals surface area contributed by atoms with E-state index < -0.39 is 0 Å². The van der Waals surface area contributed by atoms with Crippen LogP contribution in [0.4, 0.5) is 0 Å². The molecule has 1 N–H and O–H groups in total. The molecule has 0 atom stereocenters. The summed E-state index contributed by atoms with van der Waals surface area (Å²) in [6.07, 6.45) is 1.40. The van der Waals surface area contributed by atoms with Gasteiger partial charge in [0.25, 0.3) is 0 Å². The normalized spacial score (nSPS) is 5.71. The molecule has 0 saturated carbocycles. The summed E-state index contributed by atoms with van der Waals surface area (Å²) in [4.78, 5) is 0. The van der Waals surface area contributed by atoms with E-state index in [2.05, 4.69) is 20.6 Å². The van der Waals surface area contributed by atoms with Crippen LogP contribution < -0.4 is 0 Å². The summed E-state index contributed by atoms with van der Waals surface area (Å²) >= 11 is 0. The van der Waals surface area contributed by atoms with Gasteiger partial charge in [0.05, 0.1) is 0 Å². The van der Waals surface area contributed by atoms with Crippen LogP contribution in [0.2, 0.25) is 0 Å². The summed E-state index contributed by atoms with van der Waals surface area (Å²) in [7, 11) is 0. The molecule has 0 aromatic carbocycles. The first-order chi connectivity index (χ1) is 2.50. The quantitative estimate of drug-likeness (QED) is 0.431. The van der Waals surface area contributed by atoms with Gasteiger partial charge in [0, 0.05) is 0 Å². The van der Waals surface area contributed by atoms with Gasteiger partial charge in [-0.3, -0.25) is 0 Å². The van der Waals surface area contributed by atoms with Crippen LogP contribution in [-0.4, -0.2) is 123 Å². The molecule has 0 aliphatic carbocycles. The number of aromatic amines is 1. The number of tetrazole rings is 1. The fourth-order valence-electron chi connectivity index (χ4n) is 0.129. The first-order valence-corrected chi connectivity index (χ1v) is 1.17. The van der Waals surface area contributed by atoms with E-state index in [-0.39, 0.29) is 103 Å². The summed E-state index contributed by atoms with van der Waals surface area (Å²) in [5.41, 5.74) is 0. The Kier molecular flexibility index (Phi) is 14.4. The third-order valence-corrected chi connectivity index (χ3v) is 0.270. The largest absolute Gasteiger partial charge is 0.246 e. The number of hydrogen-bond acceptors (Lipinski definition) is 3. The zero-order valence-corrected chi connectivity index (χ0v) is 2.42. The molecule has 0 aliphatic rings. The molecule has 0 radical (unpaired) electrons. The molecule has 0 aliphatic heterocycles. The van der Waals surface area contributed by atoms with Crippen LogP contribution in [-0.2, 0) is 0 Å². The molecular weight excluding hydrogens is 146 g/mol. The van der Waals surface area contributed by atoms with E-state index in [9.17, 15) is 0 Å². The Bertz CT molecular complexity index is 66.2. The minimum absolute atomic E-state index is 0. The Balaban J connectivity index is 0. The summed E-state index contributed by atoms with van der Waals surface area (Å²) in [6, 6.07) is 0. The van der Waals surface area contributed by atoms with Crippen LogP contribution >= 0.6 is 0 Å². The minimum Gasteiger partial charge on any atom is -0.246 e. The fraction of sp³-hybridized carbons (Fsp3) is 0. The zero-order chi connectivity index (χ0) is 3.54. The third-order valence-electron chi connectivity index (χ3n) is 0.270. The summed E-state index contributed by atoms with van der Waals surface area (Å²) < 4.78 is 0. The van der Waals surface area contributed by atoms with Gasteiger partial charge < -0.3 is 0 Å². The van der Waals surface area contributed by atoms with Crippen LogP contribution in [0.25, 0.3) is 0 Å². The Labute approximate surface area is 126 Å². The van der Waals surface area contributed by atoms with Gasteiger partial charge in [-0.1, -0.05) is 0 Å². The van der Waals surface area contributed by atoms with E-state index in [1.165, 1.54) is 6.33 Å². The van der Waals surface area contributed by atoms with Gasteiger partial charge in [-0.2, -0.15) is 0 Å². The number of aromatic nitrogens is 4. The van der Waals surface area contributed by atoms with E-state index in [0.717, 1.165) is 0 Å². The second-order valence-corrected chi connectivity index (χ2v) is 0.563. The van der Waals surface area contributed by atoms with Crippen LogP contribution in [0.1, 0.15) is 0 Å². The van der Waals surface area contributed by atoms with Crippen molar-refractivity contribution in [3.8, 4) is 0 Å². The average Bonchev–Trinajstić information content (AvgIpc) is 1.76. The SMILES string of the molecule is [KH].[KH].c1nnn[nH]1. The van der Waals surface area contributed by atoms with Crippen molar-refractivity contribution in [2.75, 3.05) is 0 Å². The van der Waals surface area contributed by atoms with Crippen LogP contribution in [0, 0.1) is 0 Å². The van der Waals surface area contributed by atoms with E-state index in [0.29, 0.717) is 0 Å². The van der Waals surface area contributed by atoms with Gasteiger partial charge in [-0.15, -0.1) is 5.10 Å². The molecule has 0 saturated heterocycles. The van der Waals surface area contributed by atoms with Crippen LogP contribution in [0.15, 0.2) is 6.33 Å². The molecule has 1 aromatic heterocycles. The number of rotatable bonds is 0. The minimum atomic E-state index is 0. The number of hydrogen-bond donors (Lipinski definition) is 1. The molecule has 0 amide bonds. The maximum absolute atomic E-state index is 3.31. The Morgan fingerprint density at radius 2 is 2.00 bits per heavy atom. The van der Waals surface area contributed by atoms with Gasteiger partial charge in [0.15, 0.2) is 0 Å². The summed E-state index contributed by atoms with van der Waals surface area (Å²) in [5.74, 6) is 0. The van der Waals surface area contributed by atoms with E-state index >= 15 is 0 Å². The van der Waals surface area contributed by atoms with Gasteiger partial charge in [-0.25, -0.2) is 5.10 Å². The second kappa shape index (κ2) is 8.34. The predicted molar refractivity (Wildman–Crippen MR) is 28.5 cm³/mol.